The Kier molecular flexibility index (Phi) is 5.20. The average Bonchev–Trinajstić information content (AvgIpc) is 3.19. The van der Waals surface area contributed by atoms with Crippen molar-refractivity contribution in [3.8, 4) is 11.3 Å². The molecule has 0 amide bonds. The summed E-state index contributed by atoms with van der Waals surface area (Å²) in [6, 6.07) is 7.72. The number of aryl methyl sites for hydroxylation is 2. The van der Waals surface area contributed by atoms with E-state index in [1.807, 2.05) is 32.0 Å². The molecule has 4 rings (SSSR count). The van der Waals surface area contributed by atoms with Gasteiger partial charge in [0, 0.05) is 30.0 Å². The van der Waals surface area contributed by atoms with Gasteiger partial charge in [-0.3, -0.25) is 4.79 Å². The molecule has 2 heterocycles. The second-order valence-corrected chi connectivity index (χ2v) is 7.56. The van der Waals surface area contributed by atoms with E-state index in [4.69, 9.17) is 19.7 Å². The number of esters is 1. The molecule has 7 nitrogen and oxygen atoms in total. The number of aromatic nitrogens is 1. The maximum atomic E-state index is 12.8. The summed E-state index contributed by atoms with van der Waals surface area (Å²) in [5.41, 5.74) is 10.2. The average molecular weight is 408 g/mol. The van der Waals surface area contributed by atoms with E-state index in [0.29, 0.717) is 42.0 Å². The van der Waals surface area contributed by atoms with Crippen molar-refractivity contribution in [2.45, 2.75) is 46.0 Å². The van der Waals surface area contributed by atoms with Crippen LogP contribution in [-0.2, 0) is 19.1 Å². The van der Waals surface area contributed by atoms with Crippen molar-refractivity contribution < 1.29 is 23.6 Å². The van der Waals surface area contributed by atoms with Gasteiger partial charge in [0.15, 0.2) is 11.5 Å². The number of allylic oxidation sites excluding steroid dienone is 2. The third-order valence-electron chi connectivity index (χ3n) is 5.60. The molecule has 1 aliphatic heterocycles. The summed E-state index contributed by atoms with van der Waals surface area (Å²) in [7, 11) is 0. The number of carbonyl (C=O) groups is 2. The highest BCUT2D eigenvalue weighted by Crippen LogP contribution is 2.44. The Balaban J connectivity index is 1.82. The van der Waals surface area contributed by atoms with Gasteiger partial charge >= 0.3 is 5.97 Å². The molecule has 1 aromatic heterocycles. The van der Waals surface area contributed by atoms with Crippen LogP contribution in [0.3, 0.4) is 0 Å². The van der Waals surface area contributed by atoms with Crippen molar-refractivity contribution in [3.05, 3.63) is 63.9 Å². The number of hydrogen-bond donors (Lipinski definition) is 1. The normalized spacial score (nSPS) is 18.9. The number of ether oxygens (including phenoxy) is 2. The van der Waals surface area contributed by atoms with Crippen molar-refractivity contribution in [3.63, 3.8) is 0 Å². The molecule has 7 heteroatoms. The van der Waals surface area contributed by atoms with E-state index >= 15 is 0 Å². The van der Waals surface area contributed by atoms with Crippen LogP contribution in [-0.4, -0.2) is 23.5 Å². The minimum absolute atomic E-state index is 0.0531. The molecule has 0 spiro atoms. The molecule has 0 saturated heterocycles. The van der Waals surface area contributed by atoms with Gasteiger partial charge in [-0.15, -0.1) is 0 Å². The molecule has 0 bridgehead atoms. The first-order valence-electron chi connectivity index (χ1n) is 10.1. The van der Waals surface area contributed by atoms with Crippen molar-refractivity contribution in [1.82, 2.24) is 5.16 Å². The lowest BCUT2D eigenvalue weighted by Gasteiger charge is -2.31. The predicted octanol–water partition coefficient (Wildman–Crippen LogP) is 3.81. The number of benzene rings is 1. The van der Waals surface area contributed by atoms with Crippen LogP contribution in [0, 0.1) is 13.8 Å². The Hall–Kier alpha value is -3.35. The number of carbonyl (C=O) groups excluding carboxylic acids is 2. The molecule has 156 valence electrons. The highest BCUT2D eigenvalue weighted by Gasteiger charge is 2.42. The number of Topliss-reactive ketones (excluding diaryl/α,β-unsaturated/α-hetero) is 1. The van der Waals surface area contributed by atoms with Gasteiger partial charge in [-0.05, 0) is 44.4 Å². The fourth-order valence-electron chi connectivity index (χ4n) is 3.92. The molecule has 30 heavy (non-hydrogen) atoms. The van der Waals surface area contributed by atoms with E-state index in [9.17, 15) is 9.59 Å². The lowest BCUT2D eigenvalue weighted by molar-refractivity contribution is -0.139. The van der Waals surface area contributed by atoms with Crippen LogP contribution in [0.5, 0.6) is 0 Å². The van der Waals surface area contributed by atoms with E-state index in [0.717, 1.165) is 11.1 Å². The molecular weight excluding hydrogens is 384 g/mol. The third kappa shape index (κ3) is 3.40. The van der Waals surface area contributed by atoms with Gasteiger partial charge in [-0.1, -0.05) is 17.3 Å². The summed E-state index contributed by atoms with van der Waals surface area (Å²) < 4.78 is 16.5. The smallest absolute Gasteiger partial charge is 0.340 e. The van der Waals surface area contributed by atoms with Gasteiger partial charge in [-0.25, -0.2) is 4.79 Å². The second kappa shape index (κ2) is 7.82. The van der Waals surface area contributed by atoms with Gasteiger partial charge in [-0.2, -0.15) is 0 Å². The standard InChI is InChI=1S/C23H24N2O5/c1-4-28-23(27)21-19(20-16(26)6-5-7-17(20)29-22(21)24)15-11-18(30-25-15)14-9-8-12(2)13(3)10-14/h8-11,19H,4-7,24H2,1-3H3. The van der Waals surface area contributed by atoms with Crippen LogP contribution in [0.25, 0.3) is 11.3 Å². The molecule has 1 aliphatic carbocycles. The SMILES string of the molecule is CCOC(=O)C1=C(N)OC2=C(C(=O)CCC2)C1c1cc(-c2ccc(C)c(C)c2)on1. The van der Waals surface area contributed by atoms with Crippen molar-refractivity contribution in [1.29, 1.82) is 0 Å². The van der Waals surface area contributed by atoms with Gasteiger partial charge in [0.25, 0.3) is 0 Å². The Bertz CT molecular complexity index is 1090. The largest absolute Gasteiger partial charge is 0.462 e. The molecule has 2 aliphatic rings. The maximum Gasteiger partial charge on any atom is 0.340 e. The molecule has 2 N–H and O–H groups in total. The first-order valence-corrected chi connectivity index (χ1v) is 10.1. The fraction of sp³-hybridized carbons (Fsp3) is 0.348. The van der Waals surface area contributed by atoms with Crippen molar-refractivity contribution in [2.75, 3.05) is 6.61 Å². The lowest BCUT2D eigenvalue weighted by atomic mass is 9.79. The van der Waals surface area contributed by atoms with Gasteiger partial charge in [0.2, 0.25) is 5.88 Å². The Morgan fingerprint density at radius 3 is 2.77 bits per heavy atom. The van der Waals surface area contributed by atoms with E-state index in [1.54, 1.807) is 13.0 Å². The zero-order chi connectivity index (χ0) is 21.4. The molecule has 2 aromatic rings. The van der Waals surface area contributed by atoms with E-state index in [-0.39, 0.29) is 23.8 Å². The molecule has 1 unspecified atom stereocenters. The quantitative estimate of drug-likeness (QED) is 0.767. The minimum atomic E-state index is -0.773. The summed E-state index contributed by atoms with van der Waals surface area (Å²) in [6.45, 7) is 5.94. The van der Waals surface area contributed by atoms with Gasteiger partial charge in [0.1, 0.15) is 11.3 Å². The van der Waals surface area contributed by atoms with Crippen LogP contribution in [0.1, 0.15) is 48.9 Å². The van der Waals surface area contributed by atoms with Crippen molar-refractivity contribution >= 4 is 11.8 Å². The number of hydrogen-bond acceptors (Lipinski definition) is 7. The monoisotopic (exact) mass is 408 g/mol. The first-order chi connectivity index (χ1) is 14.4. The number of rotatable bonds is 4. The van der Waals surface area contributed by atoms with Gasteiger partial charge in [0.05, 0.1) is 18.2 Å². The summed E-state index contributed by atoms with van der Waals surface area (Å²) in [4.78, 5) is 25.5. The highest BCUT2D eigenvalue weighted by molar-refractivity contribution is 6.03. The van der Waals surface area contributed by atoms with Crippen LogP contribution in [0.15, 0.2) is 51.6 Å². The molecule has 1 aromatic carbocycles. The molecule has 1 atom stereocenters. The van der Waals surface area contributed by atoms with Crippen LogP contribution >= 0.6 is 0 Å². The van der Waals surface area contributed by atoms with Crippen LogP contribution in [0.2, 0.25) is 0 Å². The third-order valence-corrected chi connectivity index (χ3v) is 5.60. The zero-order valence-electron chi connectivity index (χ0n) is 17.3. The van der Waals surface area contributed by atoms with Gasteiger partial charge < -0.3 is 19.7 Å². The zero-order valence-corrected chi connectivity index (χ0v) is 17.3. The molecule has 0 saturated carbocycles. The minimum Gasteiger partial charge on any atom is -0.462 e. The lowest BCUT2D eigenvalue weighted by Crippen LogP contribution is -2.31. The summed E-state index contributed by atoms with van der Waals surface area (Å²) in [5, 5.41) is 4.21. The molecule has 0 radical (unpaired) electrons. The first kappa shape index (κ1) is 19.9. The van der Waals surface area contributed by atoms with E-state index < -0.39 is 11.9 Å². The number of nitrogens with two attached hydrogens (primary N) is 1. The highest BCUT2D eigenvalue weighted by atomic mass is 16.5. The topological polar surface area (TPSA) is 105 Å². The summed E-state index contributed by atoms with van der Waals surface area (Å²) in [6.07, 6.45) is 1.64. The predicted molar refractivity (Wildman–Crippen MR) is 109 cm³/mol. The molecular formula is C23H24N2O5. The fourth-order valence-corrected chi connectivity index (χ4v) is 3.92. The van der Waals surface area contributed by atoms with Crippen molar-refractivity contribution in [2.24, 2.45) is 5.73 Å². The van der Waals surface area contributed by atoms with Crippen LogP contribution in [0.4, 0.5) is 0 Å². The molecule has 0 fully saturated rings. The second-order valence-electron chi connectivity index (χ2n) is 7.56. The number of nitrogens with zero attached hydrogens (tertiary/aromatic N) is 1. The Morgan fingerprint density at radius 1 is 1.23 bits per heavy atom. The maximum absolute atomic E-state index is 12.8. The summed E-state index contributed by atoms with van der Waals surface area (Å²) in [5.74, 6) is -0.483. The van der Waals surface area contributed by atoms with Crippen LogP contribution < -0.4 is 5.73 Å². The number of ketones is 1. The Labute approximate surface area is 174 Å². The summed E-state index contributed by atoms with van der Waals surface area (Å²) >= 11 is 0. The van der Waals surface area contributed by atoms with E-state index in [1.165, 1.54) is 5.56 Å². The Morgan fingerprint density at radius 2 is 2.03 bits per heavy atom. The van der Waals surface area contributed by atoms with E-state index in [2.05, 4.69) is 5.16 Å².